The Balaban J connectivity index is 1.98. The van der Waals surface area contributed by atoms with E-state index in [1.54, 1.807) is 0 Å². The SMILES string of the molecule is COc1cc(/C=C2\C(=N)N3N=C(S(C)(=O)=O)SC3=NC2=O)ccc1OS(C)(=O)=O. The standard InChI is InChI=1S/C15H14N4O7S3/c1-25-11-7-8(4-5-10(11)26-29(3,23)24)6-9-12(16)19-14(17-13(9)20)27-15(18-19)28(2,21)22/h4-7,16H,1-3H3/b9-6+,16-12?. The monoisotopic (exact) mass is 458 g/mol. The minimum absolute atomic E-state index is 0.0212. The van der Waals surface area contributed by atoms with Crippen LogP contribution in [0.15, 0.2) is 33.9 Å². The van der Waals surface area contributed by atoms with Gasteiger partial charge in [-0.05, 0) is 35.5 Å². The summed E-state index contributed by atoms with van der Waals surface area (Å²) in [7, 11) is -6.08. The lowest BCUT2D eigenvalue weighted by Gasteiger charge is -2.20. The van der Waals surface area contributed by atoms with Crippen molar-refractivity contribution in [2.24, 2.45) is 10.1 Å². The van der Waals surface area contributed by atoms with E-state index in [2.05, 4.69) is 10.1 Å². The fourth-order valence-electron chi connectivity index (χ4n) is 2.30. The van der Waals surface area contributed by atoms with Crippen LogP contribution in [0.1, 0.15) is 5.56 Å². The highest BCUT2D eigenvalue weighted by molar-refractivity contribution is 8.42. The molecule has 1 aromatic rings. The van der Waals surface area contributed by atoms with Gasteiger partial charge in [0.1, 0.15) is 0 Å². The number of hydrazone groups is 1. The summed E-state index contributed by atoms with van der Waals surface area (Å²) in [5, 5.41) is 13.0. The molecule has 0 spiro atoms. The highest BCUT2D eigenvalue weighted by Crippen LogP contribution is 2.32. The number of amidine groups is 2. The van der Waals surface area contributed by atoms with Gasteiger partial charge in [-0.25, -0.2) is 8.42 Å². The fraction of sp³-hybridized carbons (Fsp3) is 0.200. The summed E-state index contributed by atoms with van der Waals surface area (Å²) < 4.78 is 55.6. The van der Waals surface area contributed by atoms with Gasteiger partial charge in [0, 0.05) is 6.26 Å². The van der Waals surface area contributed by atoms with Crippen molar-refractivity contribution >= 4 is 59.1 Å². The van der Waals surface area contributed by atoms with Gasteiger partial charge in [0.2, 0.25) is 19.4 Å². The summed E-state index contributed by atoms with van der Waals surface area (Å²) in [6.45, 7) is 0. The van der Waals surface area contributed by atoms with E-state index in [1.165, 1.54) is 31.4 Å². The molecule has 0 aliphatic carbocycles. The highest BCUT2D eigenvalue weighted by Gasteiger charge is 2.38. The Kier molecular flexibility index (Phi) is 5.27. The van der Waals surface area contributed by atoms with Crippen molar-refractivity contribution in [3.63, 3.8) is 0 Å². The largest absolute Gasteiger partial charge is 0.493 e. The maximum absolute atomic E-state index is 12.3. The van der Waals surface area contributed by atoms with Crippen molar-refractivity contribution in [1.82, 2.24) is 5.01 Å². The van der Waals surface area contributed by atoms with E-state index in [9.17, 15) is 21.6 Å². The van der Waals surface area contributed by atoms with Gasteiger partial charge in [-0.2, -0.15) is 18.4 Å². The molecule has 0 aromatic heterocycles. The van der Waals surface area contributed by atoms with E-state index in [1.807, 2.05) is 0 Å². The van der Waals surface area contributed by atoms with Crippen LogP contribution in [0.3, 0.4) is 0 Å². The predicted octanol–water partition coefficient (Wildman–Crippen LogP) is 0.655. The fourth-order valence-corrected chi connectivity index (χ4v) is 4.45. The van der Waals surface area contributed by atoms with Crippen LogP contribution in [0, 0.1) is 5.41 Å². The maximum Gasteiger partial charge on any atom is 0.306 e. The van der Waals surface area contributed by atoms with Crippen molar-refractivity contribution in [3.05, 3.63) is 29.3 Å². The van der Waals surface area contributed by atoms with Crippen LogP contribution in [0.4, 0.5) is 0 Å². The first kappa shape index (κ1) is 21.0. The van der Waals surface area contributed by atoms with Gasteiger partial charge in [0.15, 0.2) is 17.3 Å². The summed E-state index contributed by atoms with van der Waals surface area (Å²) in [4.78, 5) is 16.1. The zero-order valence-corrected chi connectivity index (χ0v) is 17.7. The Labute approximate surface area is 170 Å². The number of sulfone groups is 1. The molecule has 14 heteroatoms. The van der Waals surface area contributed by atoms with E-state index in [4.69, 9.17) is 14.3 Å². The molecular weight excluding hydrogens is 444 g/mol. The smallest absolute Gasteiger partial charge is 0.306 e. The predicted molar refractivity (Wildman–Crippen MR) is 108 cm³/mol. The number of benzene rings is 1. The molecule has 2 aliphatic heterocycles. The van der Waals surface area contributed by atoms with Crippen molar-refractivity contribution in [2.45, 2.75) is 0 Å². The molecule has 0 atom stereocenters. The summed E-state index contributed by atoms with van der Waals surface area (Å²) in [5.41, 5.74) is 0.264. The van der Waals surface area contributed by atoms with Crippen LogP contribution in [-0.4, -0.2) is 62.8 Å². The Morgan fingerprint density at radius 2 is 1.86 bits per heavy atom. The van der Waals surface area contributed by atoms with E-state index in [-0.39, 0.29) is 32.5 Å². The minimum Gasteiger partial charge on any atom is -0.493 e. The van der Waals surface area contributed by atoms with Gasteiger partial charge in [-0.1, -0.05) is 6.07 Å². The molecule has 0 fully saturated rings. The van der Waals surface area contributed by atoms with Gasteiger partial charge >= 0.3 is 10.1 Å². The molecular formula is C15H14N4O7S3. The average molecular weight is 458 g/mol. The molecule has 29 heavy (non-hydrogen) atoms. The van der Waals surface area contributed by atoms with E-state index >= 15 is 0 Å². The normalized spacial score (nSPS) is 18.4. The molecule has 11 nitrogen and oxygen atoms in total. The third kappa shape index (κ3) is 4.49. The van der Waals surface area contributed by atoms with E-state index in [0.29, 0.717) is 17.3 Å². The van der Waals surface area contributed by atoms with E-state index in [0.717, 1.165) is 17.5 Å². The molecule has 0 unspecified atom stereocenters. The van der Waals surface area contributed by atoms with Crippen molar-refractivity contribution < 1.29 is 30.6 Å². The number of hydrogen-bond acceptors (Lipinski definition) is 10. The maximum atomic E-state index is 12.3. The molecule has 1 N–H and O–H groups in total. The first-order chi connectivity index (χ1) is 13.4. The van der Waals surface area contributed by atoms with Gasteiger partial charge in [0.25, 0.3) is 5.91 Å². The Bertz CT molecular complexity index is 1230. The number of carbonyl (C=O) groups excluding carboxylic acids is 1. The molecule has 0 saturated carbocycles. The minimum atomic E-state index is -3.77. The summed E-state index contributed by atoms with van der Waals surface area (Å²) in [6, 6.07) is 4.21. The van der Waals surface area contributed by atoms with Gasteiger partial charge < -0.3 is 8.92 Å². The summed E-state index contributed by atoms with van der Waals surface area (Å²) >= 11 is 0.686. The number of carbonyl (C=O) groups is 1. The number of nitrogens with zero attached hydrogens (tertiary/aromatic N) is 3. The Morgan fingerprint density at radius 1 is 1.17 bits per heavy atom. The van der Waals surface area contributed by atoms with Crippen LogP contribution in [0.5, 0.6) is 11.5 Å². The van der Waals surface area contributed by atoms with Crippen LogP contribution >= 0.6 is 11.8 Å². The van der Waals surface area contributed by atoms with E-state index < -0.39 is 25.9 Å². The number of hydrogen-bond donors (Lipinski definition) is 1. The zero-order valence-electron chi connectivity index (χ0n) is 15.2. The summed E-state index contributed by atoms with van der Waals surface area (Å²) in [6.07, 6.45) is 3.18. The molecule has 3 rings (SSSR count). The van der Waals surface area contributed by atoms with Crippen molar-refractivity contribution in [3.8, 4) is 11.5 Å². The molecule has 154 valence electrons. The molecule has 1 amide bonds. The average Bonchev–Trinajstić information content (AvgIpc) is 3.03. The van der Waals surface area contributed by atoms with Gasteiger partial charge in [0.05, 0.1) is 18.9 Å². The topological polar surface area (TPSA) is 156 Å². The quantitative estimate of drug-likeness (QED) is 0.505. The number of nitrogens with one attached hydrogen (secondary N) is 1. The first-order valence-electron chi connectivity index (χ1n) is 7.67. The molecule has 2 aliphatic rings. The lowest BCUT2D eigenvalue weighted by Crippen LogP contribution is -2.35. The Morgan fingerprint density at radius 3 is 2.45 bits per heavy atom. The number of aliphatic imine (C=N–C) groups is 1. The third-order valence-corrected chi connectivity index (χ3v) is 6.55. The second-order valence-corrected chi connectivity index (χ2v) is 10.6. The van der Waals surface area contributed by atoms with Crippen LogP contribution in [-0.2, 0) is 24.7 Å². The Hall–Kier alpha value is -2.71. The van der Waals surface area contributed by atoms with Crippen LogP contribution in [0.25, 0.3) is 6.08 Å². The molecule has 2 heterocycles. The van der Waals surface area contributed by atoms with Crippen molar-refractivity contribution in [2.75, 3.05) is 19.6 Å². The molecule has 0 bridgehead atoms. The molecule has 0 radical (unpaired) electrons. The van der Waals surface area contributed by atoms with Crippen molar-refractivity contribution in [1.29, 1.82) is 5.41 Å². The van der Waals surface area contributed by atoms with Crippen LogP contribution in [0.2, 0.25) is 0 Å². The lowest BCUT2D eigenvalue weighted by atomic mass is 10.1. The lowest BCUT2D eigenvalue weighted by molar-refractivity contribution is -0.114. The number of methoxy groups -OCH3 is 1. The van der Waals surface area contributed by atoms with Gasteiger partial charge in [-0.3, -0.25) is 10.2 Å². The number of rotatable bonds is 4. The first-order valence-corrected chi connectivity index (χ1v) is 12.2. The number of amides is 1. The second kappa shape index (κ2) is 7.27. The van der Waals surface area contributed by atoms with Gasteiger partial charge in [-0.15, -0.1) is 5.10 Å². The number of thioether (sulfide) groups is 1. The molecule has 1 aromatic carbocycles. The number of ether oxygens (including phenoxy) is 1. The third-order valence-electron chi connectivity index (χ3n) is 3.49. The highest BCUT2D eigenvalue weighted by atomic mass is 32.3. The second-order valence-electron chi connectivity index (χ2n) is 5.86. The number of fused-ring (bicyclic) bond motifs is 1. The summed E-state index contributed by atoms with van der Waals surface area (Å²) in [5.74, 6) is -1.03. The zero-order chi connectivity index (χ0) is 21.6. The van der Waals surface area contributed by atoms with Crippen LogP contribution < -0.4 is 8.92 Å². The molecule has 0 saturated heterocycles.